The number of amides is 1. The van der Waals surface area contributed by atoms with Crippen LogP contribution in [0.1, 0.15) is 10.4 Å². The lowest BCUT2D eigenvalue weighted by atomic mass is 10.2. The summed E-state index contributed by atoms with van der Waals surface area (Å²) in [4.78, 5) is 13.3. The molecule has 0 aliphatic rings. The van der Waals surface area contributed by atoms with Crippen molar-refractivity contribution in [2.45, 2.75) is 4.90 Å². The minimum atomic E-state index is -4.44. The van der Waals surface area contributed by atoms with E-state index in [0.29, 0.717) is 0 Å². The van der Waals surface area contributed by atoms with E-state index in [2.05, 4.69) is 5.10 Å². The fraction of sp³-hybridized carbons (Fsp3) is 0.0588. The highest BCUT2D eigenvalue weighted by Crippen LogP contribution is 2.20. The number of hydrogen-bond acceptors (Lipinski definition) is 5. The molecular formula is C17H14F2N4O4S. The summed E-state index contributed by atoms with van der Waals surface area (Å²) < 4.78 is 58.4. The van der Waals surface area contributed by atoms with Crippen molar-refractivity contribution in [1.82, 2.24) is 20.0 Å². The monoisotopic (exact) mass is 408 g/mol. The molecule has 0 aliphatic carbocycles. The molecule has 28 heavy (non-hydrogen) atoms. The SMILES string of the molecule is COc1ccc(F)c(S(=O)(=O)NNC(=O)c2cc(F)cc(-n3cccn3)c2)c1. The van der Waals surface area contributed by atoms with Crippen molar-refractivity contribution < 1.29 is 26.7 Å². The quantitative estimate of drug-likeness (QED) is 0.606. The van der Waals surface area contributed by atoms with Gasteiger partial charge in [-0.05, 0) is 36.4 Å². The number of hydrazine groups is 1. The summed E-state index contributed by atoms with van der Waals surface area (Å²) in [6.45, 7) is 0. The highest BCUT2D eigenvalue weighted by molar-refractivity contribution is 7.89. The number of nitrogens with one attached hydrogen (secondary N) is 2. The van der Waals surface area contributed by atoms with Gasteiger partial charge in [-0.25, -0.2) is 21.9 Å². The van der Waals surface area contributed by atoms with Gasteiger partial charge in [-0.1, -0.05) is 0 Å². The third-order valence-electron chi connectivity index (χ3n) is 3.64. The van der Waals surface area contributed by atoms with Crippen molar-refractivity contribution >= 4 is 15.9 Å². The summed E-state index contributed by atoms with van der Waals surface area (Å²) in [5, 5.41) is 3.93. The fourth-order valence-electron chi connectivity index (χ4n) is 2.32. The minimum Gasteiger partial charge on any atom is -0.497 e. The van der Waals surface area contributed by atoms with Gasteiger partial charge in [-0.2, -0.15) is 5.10 Å². The van der Waals surface area contributed by atoms with Gasteiger partial charge in [0.25, 0.3) is 15.9 Å². The average Bonchev–Trinajstić information content (AvgIpc) is 3.21. The lowest BCUT2D eigenvalue weighted by Gasteiger charge is -2.11. The molecule has 8 nitrogen and oxygen atoms in total. The molecule has 1 amide bonds. The molecule has 1 heterocycles. The molecular weight excluding hydrogens is 394 g/mol. The van der Waals surface area contributed by atoms with Gasteiger partial charge >= 0.3 is 0 Å². The molecule has 2 N–H and O–H groups in total. The van der Waals surface area contributed by atoms with Gasteiger partial charge in [0, 0.05) is 24.0 Å². The van der Waals surface area contributed by atoms with Crippen LogP contribution in [-0.4, -0.2) is 31.2 Å². The number of halogens is 2. The second-order valence-corrected chi connectivity index (χ2v) is 7.16. The van der Waals surface area contributed by atoms with E-state index in [4.69, 9.17) is 4.74 Å². The molecule has 2 aromatic carbocycles. The molecule has 0 saturated heterocycles. The Bertz CT molecular complexity index is 1120. The molecule has 1 aromatic heterocycles. The number of ether oxygens (including phenoxy) is 1. The zero-order valence-electron chi connectivity index (χ0n) is 14.4. The Labute approximate surface area is 158 Å². The van der Waals surface area contributed by atoms with Crippen molar-refractivity contribution in [3.05, 3.63) is 72.1 Å². The van der Waals surface area contributed by atoms with Crippen molar-refractivity contribution in [2.24, 2.45) is 0 Å². The van der Waals surface area contributed by atoms with E-state index in [9.17, 15) is 22.0 Å². The van der Waals surface area contributed by atoms with Gasteiger partial charge in [0.1, 0.15) is 22.3 Å². The molecule has 0 bridgehead atoms. The number of aromatic nitrogens is 2. The van der Waals surface area contributed by atoms with Crippen molar-refractivity contribution in [3.63, 3.8) is 0 Å². The molecule has 0 unspecified atom stereocenters. The largest absolute Gasteiger partial charge is 0.497 e. The standard InChI is InChI=1S/C17H14F2N4O4S/c1-27-14-3-4-15(19)16(10-14)28(25,26)22-21-17(24)11-7-12(18)9-13(8-11)23-6-2-5-20-23/h2-10,22H,1H3,(H,21,24). The van der Waals surface area contributed by atoms with Gasteiger partial charge < -0.3 is 4.74 Å². The summed E-state index contributed by atoms with van der Waals surface area (Å²) in [6.07, 6.45) is 3.02. The van der Waals surface area contributed by atoms with Crippen LogP contribution in [0.5, 0.6) is 5.75 Å². The van der Waals surface area contributed by atoms with Gasteiger partial charge in [-0.15, -0.1) is 4.83 Å². The molecule has 0 spiro atoms. The molecule has 0 aliphatic heterocycles. The Kier molecular flexibility index (Phi) is 5.38. The maximum atomic E-state index is 13.9. The summed E-state index contributed by atoms with van der Waals surface area (Å²) >= 11 is 0. The number of nitrogens with zero attached hydrogens (tertiary/aromatic N) is 2. The van der Waals surface area contributed by atoms with Gasteiger partial charge in [0.05, 0.1) is 12.8 Å². The van der Waals surface area contributed by atoms with Crippen LogP contribution in [0.2, 0.25) is 0 Å². The third-order valence-corrected chi connectivity index (χ3v) is 4.90. The van der Waals surface area contributed by atoms with Crippen LogP contribution in [-0.2, 0) is 10.0 Å². The Morgan fingerprint density at radius 3 is 2.64 bits per heavy atom. The number of carbonyl (C=O) groups excluding carboxylic acids is 1. The maximum absolute atomic E-state index is 13.9. The number of carbonyl (C=O) groups is 1. The minimum absolute atomic E-state index is 0.113. The summed E-state index contributed by atoms with van der Waals surface area (Å²) in [5.41, 5.74) is 2.02. The van der Waals surface area contributed by atoms with Crippen LogP contribution in [0.3, 0.4) is 0 Å². The van der Waals surface area contributed by atoms with E-state index in [1.54, 1.807) is 17.1 Å². The van der Waals surface area contributed by atoms with Crippen LogP contribution in [0.4, 0.5) is 8.78 Å². The Hall–Kier alpha value is -3.31. The first-order chi connectivity index (χ1) is 13.3. The highest BCUT2D eigenvalue weighted by atomic mass is 32.2. The predicted octanol–water partition coefficient (Wildman–Crippen LogP) is 1.78. The molecule has 3 aromatic rings. The van der Waals surface area contributed by atoms with Crippen LogP contribution < -0.4 is 15.0 Å². The molecule has 146 valence electrons. The van der Waals surface area contributed by atoms with Crippen LogP contribution in [0, 0.1) is 11.6 Å². The van der Waals surface area contributed by atoms with E-state index in [0.717, 1.165) is 24.3 Å². The van der Waals surface area contributed by atoms with E-state index in [1.807, 2.05) is 5.43 Å². The summed E-state index contributed by atoms with van der Waals surface area (Å²) in [5.74, 6) is -2.59. The van der Waals surface area contributed by atoms with Crippen molar-refractivity contribution in [1.29, 1.82) is 0 Å². The zero-order chi connectivity index (χ0) is 20.3. The average molecular weight is 408 g/mol. The van der Waals surface area contributed by atoms with Crippen LogP contribution in [0.15, 0.2) is 59.8 Å². The molecule has 3 rings (SSSR count). The van der Waals surface area contributed by atoms with Gasteiger partial charge in [0.2, 0.25) is 0 Å². The Balaban J connectivity index is 1.81. The third kappa shape index (κ3) is 4.15. The Morgan fingerprint density at radius 1 is 1.18 bits per heavy atom. The lowest BCUT2D eigenvalue weighted by Crippen LogP contribution is -2.41. The van der Waals surface area contributed by atoms with Crippen LogP contribution in [0.25, 0.3) is 5.69 Å². The lowest BCUT2D eigenvalue weighted by molar-refractivity contribution is 0.0944. The van der Waals surface area contributed by atoms with Gasteiger partial charge in [0.15, 0.2) is 0 Å². The smallest absolute Gasteiger partial charge is 0.266 e. The highest BCUT2D eigenvalue weighted by Gasteiger charge is 2.21. The van der Waals surface area contributed by atoms with E-state index in [1.165, 1.54) is 30.1 Å². The summed E-state index contributed by atoms with van der Waals surface area (Å²) in [7, 11) is -3.15. The molecule has 0 atom stereocenters. The van der Waals surface area contributed by atoms with E-state index >= 15 is 0 Å². The van der Waals surface area contributed by atoms with Crippen molar-refractivity contribution in [3.8, 4) is 11.4 Å². The first-order valence-corrected chi connectivity index (χ1v) is 9.25. The number of benzene rings is 2. The topological polar surface area (TPSA) is 102 Å². The fourth-order valence-corrected chi connectivity index (χ4v) is 3.25. The maximum Gasteiger partial charge on any atom is 0.266 e. The van der Waals surface area contributed by atoms with E-state index in [-0.39, 0.29) is 17.0 Å². The number of methoxy groups -OCH3 is 1. The molecule has 0 saturated carbocycles. The second-order valence-electron chi connectivity index (χ2n) is 5.50. The first kappa shape index (κ1) is 19.5. The normalized spacial score (nSPS) is 11.2. The van der Waals surface area contributed by atoms with Gasteiger partial charge in [-0.3, -0.25) is 10.2 Å². The summed E-state index contributed by atoms with van der Waals surface area (Å²) in [6, 6.07) is 8.12. The predicted molar refractivity (Wildman–Crippen MR) is 94.3 cm³/mol. The number of sulfonamides is 1. The Morgan fingerprint density at radius 2 is 1.96 bits per heavy atom. The first-order valence-electron chi connectivity index (χ1n) is 7.76. The number of hydrogen-bond donors (Lipinski definition) is 2. The zero-order valence-corrected chi connectivity index (χ0v) is 15.2. The van der Waals surface area contributed by atoms with Crippen LogP contribution >= 0.6 is 0 Å². The van der Waals surface area contributed by atoms with E-state index < -0.39 is 32.5 Å². The number of rotatable bonds is 6. The van der Waals surface area contributed by atoms with Crippen molar-refractivity contribution in [2.75, 3.05) is 7.11 Å². The molecule has 11 heteroatoms. The second kappa shape index (κ2) is 7.74. The molecule has 0 radical (unpaired) electrons. The molecule has 0 fully saturated rings.